The normalized spacial score (nSPS) is 17.2. The fourth-order valence-electron chi connectivity index (χ4n) is 1.83. The molecule has 0 spiro atoms. The van der Waals surface area contributed by atoms with E-state index < -0.39 is 0 Å². The number of nitrogens with zero attached hydrogens (tertiary/aromatic N) is 1. The lowest BCUT2D eigenvalue weighted by molar-refractivity contribution is 0.0381. The van der Waals surface area contributed by atoms with Crippen LogP contribution in [0.4, 0.5) is 0 Å². The number of benzene rings is 1. The van der Waals surface area contributed by atoms with Crippen molar-refractivity contribution in [2.24, 2.45) is 0 Å². The number of rotatable bonds is 5. The second-order valence-corrected chi connectivity index (χ2v) is 5.71. The highest BCUT2D eigenvalue weighted by Crippen LogP contribution is 2.20. The summed E-state index contributed by atoms with van der Waals surface area (Å²) < 4.78 is 5.33. The third-order valence-electron chi connectivity index (χ3n) is 2.80. The molecule has 1 aromatic carbocycles. The Bertz CT molecular complexity index is 325. The smallest absolute Gasteiger partial charge is 0.0594 e. The molecule has 0 atom stereocenters. The molecule has 0 bridgehead atoms. The Morgan fingerprint density at radius 1 is 1.18 bits per heavy atom. The average molecular weight is 272 g/mol. The zero-order chi connectivity index (χ0) is 11.9. The molecular formula is C13H18ClNOS. The molecule has 0 saturated carbocycles. The van der Waals surface area contributed by atoms with Gasteiger partial charge >= 0.3 is 0 Å². The van der Waals surface area contributed by atoms with Gasteiger partial charge in [-0.1, -0.05) is 11.6 Å². The van der Waals surface area contributed by atoms with Crippen molar-refractivity contribution in [3.05, 3.63) is 29.3 Å². The van der Waals surface area contributed by atoms with Crippen LogP contribution < -0.4 is 0 Å². The van der Waals surface area contributed by atoms with Crippen LogP contribution in [-0.4, -0.2) is 43.5 Å². The summed E-state index contributed by atoms with van der Waals surface area (Å²) in [6.45, 7) is 5.15. The molecular weight excluding hydrogens is 254 g/mol. The molecule has 1 aliphatic heterocycles. The van der Waals surface area contributed by atoms with E-state index in [1.165, 1.54) is 23.6 Å². The van der Waals surface area contributed by atoms with Gasteiger partial charge in [0.15, 0.2) is 0 Å². The number of ether oxygens (including phenoxy) is 1. The summed E-state index contributed by atoms with van der Waals surface area (Å²) in [7, 11) is 0. The molecule has 1 aromatic rings. The Labute approximate surface area is 112 Å². The van der Waals surface area contributed by atoms with Crippen LogP contribution in [0.2, 0.25) is 5.02 Å². The molecule has 1 saturated heterocycles. The van der Waals surface area contributed by atoms with Gasteiger partial charge in [0.2, 0.25) is 0 Å². The van der Waals surface area contributed by atoms with Gasteiger partial charge in [0.05, 0.1) is 13.2 Å². The molecule has 1 aliphatic rings. The summed E-state index contributed by atoms with van der Waals surface area (Å²) in [5.74, 6) is 1.17. The van der Waals surface area contributed by atoms with Crippen molar-refractivity contribution >= 4 is 23.4 Å². The molecule has 0 aliphatic carbocycles. The number of halogens is 1. The Kier molecular flexibility index (Phi) is 5.65. The monoisotopic (exact) mass is 271 g/mol. The van der Waals surface area contributed by atoms with E-state index in [0.717, 1.165) is 31.3 Å². The van der Waals surface area contributed by atoms with Gasteiger partial charge in [0.25, 0.3) is 0 Å². The lowest BCUT2D eigenvalue weighted by Crippen LogP contribution is -2.36. The first kappa shape index (κ1) is 13.2. The van der Waals surface area contributed by atoms with E-state index in [-0.39, 0.29) is 0 Å². The summed E-state index contributed by atoms with van der Waals surface area (Å²) >= 11 is 7.75. The number of thioether (sulfide) groups is 1. The van der Waals surface area contributed by atoms with Gasteiger partial charge < -0.3 is 4.74 Å². The van der Waals surface area contributed by atoms with Crippen LogP contribution >= 0.6 is 23.4 Å². The first-order valence-corrected chi connectivity index (χ1v) is 7.39. The first-order chi connectivity index (χ1) is 8.34. The van der Waals surface area contributed by atoms with Crippen molar-refractivity contribution in [3.8, 4) is 0 Å². The lowest BCUT2D eigenvalue weighted by atomic mass is 10.3. The van der Waals surface area contributed by atoms with E-state index in [4.69, 9.17) is 16.3 Å². The molecule has 0 amide bonds. The maximum atomic E-state index is 5.85. The maximum absolute atomic E-state index is 5.85. The van der Waals surface area contributed by atoms with Crippen molar-refractivity contribution in [2.75, 3.05) is 38.6 Å². The van der Waals surface area contributed by atoms with Crippen LogP contribution in [0.15, 0.2) is 29.2 Å². The minimum Gasteiger partial charge on any atom is -0.379 e. The van der Waals surface area contributed by atoms with Crippen molar-refractivity contribution < 1.29 is 4.74 Å². The number of hydrogen-bond donors (Lipinski definition) is 0. The van der Waals surface area contributed by atoms with Crippen LogP contribution in [0.3, 0.4) is 0 Å². The fraction of sp³-hybridized carbons (Fsp3) is 0.538. The molecule has 1 heterocycles. The number of morpholine rings is 1. The largest absolute Gasteiger partial charge is 0.379 e. The fourth-order valence-corrected chi connectivity index (χ4v) is 2.80. The molecule has 0 aromatic heterocycles. The highest BCUT2D eigenvalue weighted by atomic mass is 35.5. The van der Waals surface area contributed by atoms with E-state index in [0.29, 0.717) is 0 Å². The molecule has 17 heavy (non-hydrogen) atoms. The highest BCUT2D eigenvalue weighted by molar-refractivity contribution is 7.99. The Hall–Kier alpha value is -0.220. The van der Waals surface area contributed by atoms with E-state index in [9.17, 15) is 0 Å². The summed E-state index contributed by atoms with van der Waals surface area (Å²) in [4.78, 5) is 3.78. The van der Waals surface area contributed by atoms with Gasteiger partial charge in [0, 0.05) is 23.0 Å². The quantitative estimate of drug-likeness (QED) is 0.603. The second kappa shape index (κ2) is 7.27. The maximum Gasteiger partial charge on any atom is 0.0594 e. The standard InChI is InChI=1S/C13H18ClNOS/c14-12-2-4-13(5-3-12)17-11-1-6-15-7-9-16-10-8-15/h2-5H,1,6-11H2. The third kappa shape index (κ3) is 4.88. The predicted molar refractivity (Wildman–Crippen MR) is 74.1 cm³/mol. The Balaban J connectivity index is 1.60. The van der Waals surface area contributed by atoms with E-state index in [1.807, 2.05) is 23.9 Å². The minimum absolute atomic E-state index is 0.808. The van der Waals surface area contributed by atoms with Crippen molar-refractivity contribution in [1.29, 1.82) is 0 Å². The minimum atomic E-state index is 0.808. The Morgan fingerprint density at radius 2 is 1.88 bits per heavy atom. The molecule has 2 rings (SSSR count). The molecule has 2 nitrogen and oxygen atoms in total. The summed E-state index contributed by atoms with van der Waals surface area (Å²) in [5.41, 5.74) is 0. The van der Waals surface area contributed by atoms with Crippen LogP contribution in [0.5, 0.6) is 0 Å². The van der Waals surface area contributed by atoms with Gasteiger partial charge in [-0.3, -0.25) is 4.90 Å². The molecule has 4 heteroatoms. The van der Waals surface area contributed by atoms with E-state index in [1.54, 1.807) is 0 Å². The highest BCUT2D eigenvalue weighted by Gasteiger charge is 2.08. The van der Waals surface area contributed by atoms with Crippen molar-refractivity contribution in [1.82, 2.24) is 4.90 Å². The zero-order valence-electron chi connectivity index (χ0n) is 9.90. The SMILES string of the molecule is Clc1ccc(SCCCN2CCOCC2)cc1. The Morgan fingerprint density at radius 3 is 2.59 bits per heavy atom. The second-order valence-electron chi connectivity index (χ2n) is 4.11. The summed E-state index contributed by atoms with van der Waals surface area (Å²) in [5, 5.41) is 0.808. The lowest BCUT2D eigenvalue weighted by Gasteiger charge is -2.26. The summed E-state index contributed by atoms with van der Waals surface area (Å²) in [6.07, 6.45) is 1.23. The molecule has 94 valence electrons. The third-order valence-corrected chi connectivity index (χ3v) is 4.16. The van der Waals surface area contributed by atoms with Crippen LogP contribution in [-0.2, 0) is 4.74 Å². The molecule has 0 N–H and O–H groups in total. The van der Waals surface area contributed by atoms with Crippen LogP contribution in [0.25, 0.3) is 0 Å². The summed E-state index contributed by atoms with van der Waals surface area (Å²) in [6, 6.07) is 8.07. The average Bonchev–Trinajstić information content (AvgIpc) is 2.38. The first-order valence-electron chi connectivity index (χ1n) is 6.03. The number of hydrogen-bond acceptors (Lipinski definition) is 3. The van der Waals surface area contributed by atoms with Gasteiger partial charge in [-0.05, 0) is 43.0 Å². The molecule has 1 fully saturated rings. The van der Waals surface area contributed by atoms with Gasteiger partial charge in [-0.25, -0.2) is 0 Å². The van der Waals surface area contributed by atoms with Crippen molar-refractivity contribution in [3.63, 3.8) is 0 Å². The van der Waals surface area contributed by atoms with Gasteiger partial charge in [-0.2, -0.15) is 0 Å². The van der Waals surface area contributed by atoms with Gasteiger partial charge in [-0.15, -0.1) is 11.8 Å². The van der Waals surface area contributed by atoms with Crippen LogP contribution in [0, 0.1) is 0 Å². The van der Waals surface area contributed by atoms with E-state index in [2.05, 4.69) is 17.0 Å². The molecule has 0 radical (unpaired) electrons. The zero-order valence-corrected chi connectivity index (χ0v) is 11.5. The topological polar surface area (TPSA) is 12.5 Å². The van der Waals surface area contributed by atoms with E-state index >= 15 is 0 Å². The van der Waals surface area contributed by atoms with Crippen LogP contribution in [0.1, 0.15) is 6.42 Å². The van der Waals surface area contributed by atoms with Crippen molar-refractivity contribution in [2.45, 2.75) is 11.3 Å². The van der Waals surface area contributed by atoms with Gasteiger partial charge in [0.1, 0.15) is 0 Å². The predicted octanol–water partition coefficient (Wildman–Crippen LogP) is 3.15. The molecule has 0 unspecified atom stereocenters.